The van der Waals surface area contributed by atoms with Crippen molar-refractivity contribution >= 4 is 34.9 Å². The second-order valence-corrected chi connectivity index (χ2v) is 6.95. The Kier molecular flexibility index (Phi) is 5.35. The molecular formula is C18H20Cl2N4O. The van der Waals surface area contributed by atoms with Crippen LogP contribution in [0.5, 0.6) is 0 Å². The number of hydrogen-bond donors (Lipinski definition) is 2. The van der Waals surface area contributed by atoms with Gasteiger partial charge in [0, 0.05) is 11.2 Å². The van der Waals surface area contributed by atoms with E-state index in [1.54, 1.807) is 10.9 Å². The first kappa shape index (κ1) is 17.8. The summed E-state index contributed by atoms with van der Waals surface area (Å²) in [5, 5.41) is 6.60. The monoisotopic (exact) mass is 378 g/mol. The van der Waals surface area contributed by atoms with Crippen LogP contribution in [0, 0.1) is 0 Å². The molecule has 3 rings (SSSR count). The van der Waals surface area contributed by atoms with Gasteiger partial charge in [0.25, 0.3) is 0 Å². The fourth-order valence-electron chi connectivity index (χ4n) is 2.96. The molecule has 0 radical (unpaired) electrons. The molecule has 132 valence electrons. The largest absolute Gasteiger partial charge is 0.332 e. The molecule has 1 aromatic heterocycles. The number of nitrogens with one attached hydrogen (secondary N) is 2. The van der Waals surface area contributed by atoms with Gasteiger partial charge in [-0.2, -0.15) is 0 Å². The van der Waals surface area contributed by atoms with Crippen LogP contribution >= 0.6 is 23.2 Å². The summed E-state index contributed by atoms with van der Waals surface area (Å²) in [4.78, 5) is 16.4. The summed E-state index contributed by atoms with van der Waals surface area (Å²) >= 11 is 12.0. The molecular weight excluding hydrogens is 359 g/mol. The van der Waals surface area contributed by atoms with Gasteiger partial charge in [0.05, 0.1) is 5.69 Å². The number of urea groups is 1. The quantitative estimate of drug-likeness (QED) is 0.703. The first-order valence-electron chi connectivity index (χ1n) is 8.22. The van der Waals surface area contributed by atoms with Crippen LogP contribution in [0.3, 0.4) is 0 Å². The normalized spacial score (nSPS) is 15.8. The lowest BCUT2D eigenvalue weighted by atomic mass is 9.74. The van der Waals surface area contributed by atoms with Crippen LogP contribution < -0.4 is 10.6 Å². The van der Waals surface area contributed by atoms with Crippen LogP contribution in [0.4, 0.5) is 10.5 Å². The maximum atomic E-state index is 12.4. The van der Waals surface area contributed by atoms with E-state index >= 15 is 0 Å². The molecule has 1 aromatic carbocycles. The zero-order valence-corrected chi connectivity index (χ0v) is 15.4. The predicted octanol–water partition coefficient (Wildman–Crippen LogP) is 5.19. The van der Waals surface area contributed by atoms with Gasteiger partial charge in [-0.05, 0) is 50.8 Å². The molecule has 2 N–H and O–H groups in total. The summed E-state index contributed by atoms with van der Waals surface area (Å²) in [5.74, 6) is 0. The number of benzene rings is 1. The molecule has 2 amide bonds. The minimum atomic E-state index is -0.198. The fraction of sp³-hybridized carbons (Fsp3) is 0.333. The molecule has 25 heavy (non-hydrogen) atoms. The number of imidazole rings is 1. The van der Waals surface area contributed by atoms with E-state index in [0.717, 1.165) is 31.4 Å². The predicted molar refractivity (Wildman–Crippen MR) is 102 cm³/mol. The molecule has 1 aliphatic carbocycles. The Balaban J connectivity index is 1.70. The number of carbonyl (C=O) groups is 1. The van der Waals surface area contributed by atoms with Crippen molar-refractivity contribution in [1.29, 1.82) is 0 Å². The van der Waals surface area contributed by atoms with Gasteiger partial charge >= 0.3 is 6.03 Å². The zero-order chi connectivity index (χ0) is 17.9. The molecule has 0 atom stereocenters. The Morgan fingerprint density at radius 3 is 2.80 bits per heavy atom. The minimum absolute atomic E-state index is 0.116. The molecule has 5 nitrogen and oxygen atoms in total. The summed E-state index contributed by atoms with van der Waals surface area (Å²) in [6.45, 7) is 1.99. The van der Waals surface area contributed by atoms with E-state index in [4.69, 9.17) is 23.2 Å². The smallest absolute Gasteiger partial charge is 0.319 e. The molecule has 0 spiro atoms. The fourth-order valence-corrected chi connectivity index (χ4v) is 3.28. The number of nitrogens with zero attached hydrogens (tertiary/aromatic N) is 2. The number of allylic oxidation sites excluding steroid dienone is 1. The number of hydrogen-bond acceptors (Lipinski definition) is 2. The van der Waals surface area contributed by atoms with Gasteiger partial charge in [-0.15, -0.1) is 0 Å². The van der Waals surface area contributed by atoms with E-state index in [1.807, 2.05) is 37.3 Å². The second-order valence-electron chi connectivity index (χ2n) is 6.23. The number of aromatic nitrogens is 2. The van der Waals surface area contributed by atoms with E-state index in [0.29, 0.717) is 10.8 Å². The summed E-state index contributed by atoms with van der Waals surface area (Å²) in [6.07, 6.45) is 9.69. The highest BCUT2D eigenvalue weighted by Gasteiger charge is 2.37. The van der Waals surface area contributed by atoms with E-state index in [9.17, 15) is 4.79 Å². The molecule has 0 saturated heterocycles. The highest BCUT2D eigenvalue weighted by molar-refractivity contribution is 6.40. The van der Waals surface area contributed by atoms with Gasteiger partial charge < -0.3 is 10.6 Å². The summed E-state index contributed by atoms with van der Waals surface area (Å²) in [6, 6.07) is 7.16. The van der Waals surface area contributed by atoms with Crippen LogP contribution in [0.15, 0.2) is 42.7 Å². The Morgan fingerprint density at radius 1 is 1.40 bits per heavy atom. The molecule has 0 aliphatic heterocycles. The van der Waals surface area contributed by atoms with Gasteiger partial charge in [-0.1, -0.05) is 41.4 Å². The third kappa shape index (κ3) is 3.99. The summed E-state index contributed by atoms with van der Waals surface area (Å²) in [7, 11) is 0. The van der Waals surface area contributed by atoms with E-state index in [2.05, 4.69) is 21.7 Å². The molecule has 1 heterocycles. The second kappa shape index (κ2) is 7.50. The first-order valence-corrected chi connectivity index (χ1v) is 8.98. The van der Waals surface area contributed by atoms with Crippen LogP contribution in [0.25, 0.3) is 5.69 Å². The van der Waals surface area contributed by atoms with E-state index in [1.165, 1.54) is 0 Å². The topological polar surface area (TPSA) is 59.0 Å². The van der Waals surface area contributed by atoms with Crippen LogP contribution in [-0.2, 0) is 0 Å². The first-order chi connectivity index (χ1) is 12.0. The van der Waals surface area contributed by atoms with Crippen molar-refractivity contribution in [3.63, 3.8) is 0 Å². The van der Waals surface area contributed by atoms with Crippen LogP contribution in [0.1, 0.15) is 32.6 Å². The third-order valence-corrected chi connectivity index (χ3v) is 5.22. The van der Waals surface area contributed by atoms with Crippen molar-refractivity contribution in [3.8, 4) is 5.69 Å². The van der Waals surface area contributed by atoms with Gasteiger partial charge in [0.1, 0.15) is 6.33 Å². The molecule has 7 heteroatoms. The van der Waals surface area contributed by atoms with E-state index < -0.39 is 0 Å². The van der Waals surface area contributed by atoms with Crippen molar-refractivity contribution in [2.75, 3.05) is 5.32 Å². The number of rotatable bonds is 5. The van der Waals surface area contributed by atoms with Gasteiger partial charge in [0.2, 0.25) is 0 Å². The molecule has 0 bridgehead atoms. The Morgan fingerprint density at radius 2 is 2.20 bits per heavy atom. The van der Waals surface area contributed by atoms with Crippen molar-refractivity contribution < 1.29 is 4.79 Å². The average molecular weight is 379 g/mol. The van der Waals surface area contributed by atoms with Crippen molar-refractivity contribution in [2.45, 2.75) is 38.1 Å². The minimum Gasteiger partial charge on any atom is -0.332 e. The lowest BCUT2D eigenvalue weighted by Crippen LogP contribution is -2.54. The average Bonchev–Trinajstić information content (AvgIpc) is 2.89. The van der Waals surface area contributed by atoms with Gasteiger partial charge in [-0.25, -0.2) is 9.78 Å². The van der Waals surface area contributed by atoms with Crippen molar-refractivity contribution in [1.82, 2.24) is 14.9 Å². The highest BCUT2D eigenvalue weighted by atomic mass is 35.5. The SMILES string of the molecule is C/C=C\CC1(NC(=O)Nc2cccc(-n3cnc(Cl)c3Cl)c2)CCC1. The molecule has 1 aliphatic rings. The molecule has 2 aromatic rings. The van der Waals surface area contributed by atoms with Crippen molar-refractivity contribution in [2.24, 2.45) is 0 Å². The standard InChI is InChI=1S/C18H20Cl2N4O/c1-2-3-8-18(9-5-10-18)23-17(25)22-13-6-4-7-14(11-13)24-12-21-15(19)16(24)20/h2-4,6-7,11-12H,5,8-10H2,1H3,(H2,22,23,25)/b3-2-. The van der Waals surface area contributed by atoms with Crippen LogP contribution in [0.2, 0.25) is 10.3 Å². The summed E-state index contributed by atoms with van der Waals surface area (Å²) < 4.78 is 1.66. The molecule has 1 fully saturated rings. The lowest BCUT2D eigenvalue weighted by molar-refractivity contribution is 0.186. The molecule has 0 unspecified atom stereocenters. The Labute approximate surface area is 157 Å². The Bertz CT molecular complexity index is 796. The number of amides is 2. The van der Waals surface area contributed by atoms with Gasteiger partial charge in [-0.3, -0.25) is 4.57 Å². The third-order valence-electron chi connectivity index (χ3n) is 4.48. The lowest BCUT2D eigenvalue weighted by Gasteiger charge is -2.42. The van der Waals surface area contributed by atoms with E-state index in [-0.39, 0.29) is 16.7 Å². The number of carbonyl (C=O) groups excluding carboxylic acids is 1. The maximum absolute atomic E-state index is 12.4. The van der Waals surface area contributed by atoms with Gasteiger partial charge in [0.15, 0.2) is 10.3 Å². The number of anilines is 1. The summed E-state index contributed by atoms with van der Waals surface area (Å²) in [5.41, 5.74) is 1.33. The highest BCUT2D eigenvalue weighted by Crippen LogP contribution is 2.35. The Hall–Kier alpha value is -1.98. The number of halogens is 2. The molecule has 1 saturated carbocycles. The maximum Gasteiger partial charge on any atom is 0.319 e. The zero-order valence-electron chi connectivity index (χ0n) is 13.9. The van der Waals surface area contributed by atoms with Crippen LogP contribution in [-0.4, -0.2) is 21.1 Å². The van der Waals surface area contributed by atoms with Crippen molar-refractivity contribution in [3.05, 3.63) is 53.1 Å².